The lowest BCUT2D eigenvalue weighted by Crippen LogP contribution is -2.45. The van der Waals surface area contributed by atoms with E-state index in [-0.39, 0.29) is 5.41 Å². The van der Waals surface area contributed by atoms with E-state index in [9.17, 15) is 0 Å². The van der Waals surface area contributed by atoms with Gasteiger partial charge in [0.2, 0.25) is 0 Å². The van der Waals surface area contributed by atoms with Crippen LogP contribution in [0.15, 0.2) is 36.4 Å². The van der Waals surface area contributed by atoms with Crippen LogP contribution in [0, 0.1) is 0 Å². The van der Waals surface area contributed by atoms with Crippen LogP contribution < -0.4 is 9.80 Å². The van der Waals surface area contributed by atoms with Gasteiger partial charge >= 0.3 is 0 Å². The van der Waals surface area contributed by atoms with Crippen LogP contribution in [-0.2, 0) is 10.3 Å². The summed E-state index contributed by atoms with van der Waals surface area (Å²) in [4.78, 5) is 6.19. The van der Waals surface area contributed by atoms with Gasteiger partial charge in [0.15, 0.2) is 0 Å². The van der Waals surface area contributed by atoms with Crippen molar-refractivity contribution < 1.29 is 9.57 Å². The summed E-state index contributed by atoms with van der Waals surface area (Å²) in [6, 6.07) is 12.2. The summed E-state index contributed by atoms with van der Waals surface area (Å²) in [7, 11) is 0. The third-order valence-electron chi connectivity index (χ3n) is 5.13. The smallest absolute Gasteiger partial charge is 0.125 e. The van der Waals surface area contributed by atoms with E-state index in [1.807, 2.05) is 17.2 Å². The molecular formula is C20H21Cl2NO2. The van der Waals surface area contributed by atoms with Crippen molar-refractivity contribution in [1.82, 2.24) is 0 Å². The van der Waals surface area contributed by atoms with Gasteiger partial charge in [0.1, 0.15) is 12.4 Å². The minimum Gasteiger partial charge on any atom is -0.492 e. The number of rotatable bonds is 4. The quantitative estimate of drug-likeness (QED) is 0.645. The van der Waals surface area contributed by atoms with E-state index in [0.29, 0.717) is 23.3 Å². The molecule has 25 heavy (non-hydrogen) atoms. The zero-order valence-corrected chi connectivity index (χ0v) is 15.7. The molecule has 1 atom stereocenters. The molecule has 2 aliphatic heterocycles. The highest BCUT2D eigenvalue weighted by molar-refractivity contribution is 6.42. The molecule has 5 heteroatoms. The highest BCUT2D eigenvalue weighted by Crippen LogP contribution is 2.50. The molecular weight excluding hydrogens is 357 g/mol. The van der Waals surface area contributed by atoms with Crippen LogP contribution in [-0.4, -0.2) is 19.8 Å². The van der Waals surface area contributed by atoms with Crippen molar-refractivity contribution in [2.45, 2.75) is 31.6 Å². The summed E-state index contributed by atoms with van der Waals surface area (Å²) in [5, 5.41) is 3.10. The SMILES string of the molecule is CCCCCN1OCC2(COc3cc(Cl)c(Cl)cc32)c2ccccc21. The zero-order valence-electron chi connectivity index (χ0n) is 14.2. The van der Waals surface area contributed by atoms with E-state index in [0.717, 1.165) is 30.0 Å². The van der Waals surface area contributed by atoms with Gasteiger partial charge in [-0.3, -0.25) is 9.90 Å². The average Bonchev–Trinajstić information content (AvgIpc) is 2.96. The molecule has 2 aromatic carbocycles. The number of unbranched alkanes of at least 4 members (excludes halogenated alkanes) is 2. The number of halogens is 2. The maximum absolute atomic E-state index is 6.30. The summed E-state index contributed by atoms with van der Waals surface area (Å²) >= 11 is 12.5. The van der Waals surface area contributed by atoms with Gasteiger partial charge in [0, 0.05) is 18.2 Å². The topological polar surface area (TPSA) is 21.7 Å². The van der Waals surface area contributed by atoms with E-state index in [2.05, 4.69) is 31.2 Å². The van der Waals surface area contributed by atoms with Crippen molar-refractivity contribution in [1.29, 1.82) is 0 Å². The minimum atomic E-state index is -0.332. The van der Waals surface area contributed by atoms with E-state index in [1.165, 1.54) is 18.4 Å². The Morgan fingerprint density at radius 1 is 1.04 bits per heavy atom. The number of ether oxygens (including phenoxy) is 1. The van der Waals surface area contributed by atoms with Crippen LogP contribution in [0.5, 0.6) is 5.75 Å². The fourth-order valence-electron chi connectivity index (χ4n) is 3.76. The molecule has 2 aliphatic rings. The second-order valence-corrected chi connectivity index (χ2v) is 7.55. The Bertz CT molecular complexity index is 795. The van der Waals surface area contributed by atoms with Crippen molar-refractivity contribution in [3.63, 3.8) is 0 Å². The first-order valence-corrected chi connectivity index (χ1v) is 9.53. The Morgan fingerprint density at radius 3 is 2.68 bits per heavy atom. The van der Waals surface area contributed by atoms with Crippen LogP contribution in [0.25, 0.3) is 0 Å². The maximum atomic E-state index is 6.30. The summed E-state index contributed by atoms with van der Waals surface area (Å²) < 4.78 is 5.98. The highest BCUT2D eigenvalue weighted by atomic mass is 35.5. The fourth-order valence-corrected chi connectivity index (χ4v) is 4.08. The molecule has 4 rings (SSSR count). The van der Waals surface area contributed by atoms with Gasteiger partial charge in [-0.1, -0.05) is 61.2 Å². The third-order valence-corrected chi connectivity index (χ3v) is 5.85. The van der Waals surface area contributed by atoms with Crippen LogP contribution >= 0.6 is 23.2 Å². The average molecular weight is 378 g/mol. The first-order valence-electron chi connectivity index (χ1n) is 8.78. The van der Waals surface area contributed by atoms with Crippen LogP contribution in [0.3, 0.4) is 0 Å². The Hall–Kier alpha value is -1.42. The molecule has 1 unspecified atom stereocenters. The van der Waals surface area contributed by atoms with E-state index >= 15 is 0 Å². The first kappa shape index (κ1) is 17.0. The Morgan fingerprint density at radius 2 is 1.84 bits per heavy atom. The monoisotopic (exact) mass is 377 g/mol. The molecule has 0 fully saturated rings. The van der Waals surface area contributed by atoms with Crippen molar-refractivity contribution in [2.24, 2.45) is 0 Å². The first-order chi connectivity index (χ1) is 12.2. The summed E-state index contributed by atoms with van der Waals surface area (Å²) in [5.41, 5.74) is 3.08. The predicted octanol–water partition coefficient (Wildman–Crippen LogP) is 5.61. The Kier molecular flexibility index (Phi) is 4.57. The minimum absolute atomic E-state index is 0.332. The van der Waals surface area contributed by atoms with E-state index < -0.39 is 0 Å². The normalized spacial score (nSPS) is 21.2. The lowest BCUT2D eigenvalue weighted by Gasteiger charge is -2.40. The van der Waals surface area contributed by atoms with Crippen LogP contribution in [0.1, 0.15) is 37.3 Å². The highest BCUT2D eigenvalue weighted by Gasteiger charge is 2.48. The van der Waals surface area contributed by atoms with E-state index in [1.54, 1.807) is 0 Å². The molecule has 2 aromatic rings. The van der Waals surface area contributed by atoms with Gasteiger partial charge in [0.25, 0.3) is 0 Å². The predicted molar refractivity (Wildman–Crippen MR) is 102 cm³/mol. The standard InChI is InChI=1S/C20H21Cl2NO2/c1-2-3-6-9-23-18-8-5-4-7-14(18)20(13-25-23)12-24-19-11-17(22)16(21)10-15(19)20/h4-5,7-8,10-11H,2-3,6,9,12-13H2,1H3. The fraction of sp³-hybridized carbons (Fsp3) is 0.400. The van der Waals surface area contributed by atoms with Gasteiger partial charge in [-0.25, -0.2) is 0 Å². The molecule has 0 saturated carbocycles. The molecule has 0 amide bonds. The van der Waals surface area contributed by atoms with Gasteiger partial charge < -0.3 is 4.74 Å². The van der Waals surface area contributed by atoms with Crippen LogP contribution in [0.4, 0.5) is 5.69 Å². The number of anilines is 1. The van der Waals surface area contributed by atoms with Crippen molar-refractivity contribution in [3.05, 3.63) is 57.6 Å². The molecule has 0 radical (unpaired) electrons. The number of nitrogens with zero attached hydrogens (tertiary/aromatic N) is 1. The van der Waals surface area contributed by atoms with Gasteiger partial charge in [0.05, 0.1) is 27.8 Å². The molecule has 0 saturated heterocycles. The molecule has 0 aromatic heterocycles. The summed E-state index contributed by atoms with van der Waals surface area (Å²) in [6.07, 6.45) is 3.51. The van der Waals surface area contributed by atoms with Crippen molar-refractivity contribution in [3.8, 4) is 5.75 Å². The summed E-state index contributed by atoms with van der Waals surface area (Å²) in [6.45, 7) is 4.19. The van der Waals surface area contributed by atoms with Gasteiger partial charge in [-0.05, 0) is 24.1 Å². The molecule has 0 bridgehead atoms. The number of fused-ring (bicyclic) bond motifs is 4. The number of hydrogen-bond donors (Lipinski definition) is 0. The number of para-hydroxylation sites is 1. The van der Waals surface area contributed by atoms with Crippen molar-refractivity contribution >= 4 is 28.9 Å². The molecule has 0 aliphatic carbocycles. The Labute approximate surface area is 158 Å². The number of benzene rings is 2. The zero-order chi connectivity index (χ0) is 17.4. The lowest BCUT2D eigenvalue weighted by molar-refractivity contribution is 0.0509. The van der Waals surface area contributed by atoms with Gasteiger partial charge in [-0.2, -0.15) is 0 Å². The van der Waals surface area contributed by atoms with Crippen molar-refractivity contribution in [2.75, 3.05) is 24.8 Å². The summed E-state index contributed by atoms with van der Waals surface area (Å²) in [5.74, 6) is 0.798. The lowest BCUT2D eigenvalue weighted by atomic mass is 9.75. The second kappa shape index (κ2) is 6.71. The molecule has 132 valence electrons. The maximum Gasteiger partial charge on any atom is 0.125 e. The number of hydrogen-bond acceptors (Lipinski definition) is 3. The Balaban J connectivity index is 1.76. The van der Waals surface area contributed by atoms with E-state index in [4.69, 9.17) is 32.8 Å². The molecule has 1 spiro atoms. The van der Waals surface area contributed by atoms with Crippen LogP contribution in [0.2, 0.25) is 10.0 Å². The molecule has 3 nitrogen and oxygen atoms in total. The van der Waals surface area contributed by atoms with Gasteiger partial charge in [-0.15, -0.1) is 0 Å². The third kappa shape index (κ3) is 2.79. The molecule has 0 N–H and O–H groups in total. The number of hydroxylamine groups is 1. The largest absolute Gasteiger partial charge is 0.492 e. The second-order valence-electron chi connectivity index (χ2n) is 6.73. The molecule has 2 heterocycles.